The van der Waals surface area contributed by atoms with Crippen molar-refractivity contribution in [2.24, 2.45) is 0 Å². The van der Waals surface area contributed by atoms with Crippen molar-refractivity contribution in [2.45, 2.75) is 40.2 Å². The number of benzene rings is 2. The Morgan fingerprint density at radius 1 is 1.00 bits per heavy atom. The third-order valence-electron chi connectivity index (χ3n) is 5.58. The van der Waals surface area contributed by atoms with Crippen LogP contribution in [0.2, 0.25) is 0 Å². The molecule has 2 aromatic carbocycles. The Labute approximate surface area is 219 Å². The average molecular weight is 527 g/mol. The lowest BCUT2D eigenvalue weighted by Gasteiger charge is -2.15. The molecule has 0 amide bonds. The van der Waals surface area contributed by atoms with Crippen LogP contribution < -0.4 is 10.1 Å². The third-order valence-corrected chi connectivity index (χ3v) is 6.07. The summed E-state index contributed by atoms with van der Waals surface area (Å²) in [6.45, 7) is 8.52. The predicted molar refractivity (Wildman–Crippen MR) is 144 cm³/mol. The molecule has 0 atom stereocenters. The number of nitrogens with zero attached hydrogens (tertiary/aromatic N) is 1. The molecule has 198 valence electrons. The largest absolute Gasteiger partial charge is 0.491 e. The van der Waals surface area contributed by atoms with Gasteiger partial charge in [-0.3, -0.25) is 4.79 Å². The van der Waals surface area contributed by atoms with E-state index >= 15 is 0 Å². The molecule has 0 aliphatic carbocycles. The van der Waals surface area contributed by atoms with Gasteiger partial charge >= 0.3 is 16.1 Å². The van der Waals surface area contributed by atoms with E-state index in [0.29, 0.717) is 38.6 Å². The van der Waals surface area contributed by atoms with Crippen LogP contribution in [0.25, 0.3) is 11.1 Å². The maximum atomic E-state index is 11.6. The minimum Gasteiger partial charge on any atom is -0.491 e. The van der Waals surface area contributed by atoms with Gasteiger partial charge in [0.15, 0.2) is 0 Å². The van der Waals surface area contributed by atoms with E-state index in [1.54, 1.807) is 6.20 Å². The zero-order chi connectivity index (χ0) is 26.8. The molecule has 0 radical (unpaired) electrons. The van der Waals surface area contributed by atoms with E-state index in [1.165, 1.54) is 5.56 Å². The maximum Gasteiger partial charge on any atom is 0.322 e. The molecule has 1 heterocycles. The summed E-state index contributed by atoms with van der Waals surface area (Å²) in [6.07, 6.45) is 2.83. The second-order valence-corrected chi connectivity index (χ2v) is 10.3. The lowest BCUT2D eigenvalue weighted by molar-refractivity contribution is -0.133. The van der Waals surface area contributed by atoms with E-state index in [0.717, 1.165) is 39.8 Å². The summed E-state index contributed by atoms with van der Waals surface area (Å²) >= 11 is 0. The van der Waals surface area contributed by atoms with Crippen LogP contribution in [0.15, 0.2) is 54.7 Å². The van der Waals surface area contributed by atoms with E-state index in [4.69, 9.17) is 9.47 Å². The van der Waals surface area contributed by atoms with Gasteiger partial charge in [0.05, 0.1) is 19.3 Å². The monoisotopic (exact) mass is 526 g/mol. The third kappa shape index (κ3) is 9.18. The van der Waals surface area contributed by atoms with Crippen LogP contribution in [-0.2, 0) is 36.8 Å². The molecule has 0 fully saturated rings. The summed E-state index contributed by atoms with van der Waals surface area (Å²) in [5, 5.41) is 3.32. The smallest absolute Gasteiger partial charge is 0.322 e. The lowest BCUT2D eigenvalue weighted by atomic mass is 9.94. The first-order chi connectivity index (χ1) is 17.6. The van der Waals surface area contributed by atoms with Gasteiger partial charge in [0.25, 0.3) is 0 Å². The fourth-order valence-corrected chi connectivity index (χ4v) is 4.41. The van der Waals surface area contributed by atoms with Crippen molar-refractivity contribution >= 4 is 21.9 Å². The number of carbonyl (C=O) groups is 1. The summed E-state index contributed by atoms with van der Waals surface area (Å²) in [5.41, 5.74) is 6.55. The standard InChI is InChI=1S/C28H34N2O6S/c1-5-34-13-14-35-25-15-20(2)28(21(3)16-25)24-8-6-7-23(17-24)19-30-26-11-9-22(18-29-26)10-12-27(31)36-37(4,32)33/h6-9,11,15-18H,5,10,12-14,19H2,1-4H3,(H,29,30). The number of hydrogen-bond donors (Lipinski definition) is 1. The first-order valence-corrected chi connectivity index (χ1v) is 14.0. The van der Waals surface area contributed by atoms with E-state index in [-0.39, 0.29) is 6.42 Å². The molecule has 8 nitrogen and oxygen atoms in total. The molecule has 1 N–H and O–H groups in total. The molecule has 0 saturated heterocycles. The Bertz CT molecular complexity index is 1280. The number of anilines is 1. The van der Waals surface area contributed by atoms with Gasteiger partial charge in [-0.15, -0.1) is 0 Å². The van der Waals surface area contributed by atoms with Crippen molar-refractivity contribution in [3.05, 3.63) is 77.0 Å². The van der Waals surface area contributed by atoms with Gasteiger partial charge in [-0.2, -0.15) is 8.42 Å². The number of carbonyl (C=O) groups excluding carboxylic acids is 1. The van der Waals surface area contributed by atoms with Crippen molar-refractivity contribution in [1.82, 2.24) is 4.98 Å². The fraction of sp³-hybridized carbons (Fsp3) is 0.357. The highest BCUT2D eigenvalue weighted by molar-refractivity contribution is 7.86. The van der Waals surface area contributed by atoms with Gasteiger partial charge in [0, 0.05) is 19.3 Å². The van der Waals surface area contributed by atoms with Crippen LogP contribution in [0.5, 0.6) is 5.75 Å². The number of ether oxygens (including phenoxy) is 2. The quantitative estimate of drug-likeness (QED) is 0.250. The van der Waals surface area contributed by atoms with Crippen LogP contribution >= 0.6 is 0 Å². The Morgan fingerprint density at radius 3 is 2.41 bits per heavy atom. The fourth-order valence-electron chi connectivity index (χ4n) is 3.99. The van der Waals surface area contributed by atoms with Crippen LogP contribution in [0.3, 0.4) is 0 Å². The number of hydrogen-bond acceptors (Lipinski definition) is 8. The first-order valence-electron chi connectivity index (χ1n) is 12.2. The molecular weight excluding hydrogens is 492 g/mol. The van der Waals surface area contributed by atoms with Crippen LogP contribution in [0.4, 0.5) is 5.82 Å². The molecule has 37 heavy (non-hydrogen) atoms. The summed E-state index contributed by atoms with van der Waals surface area (Å²) in [6, 6.07) is 16.2. The number of pyridine rings is 1. The lowest BCUT2D eigenvalue weighted by Crippen LogP contribution is -2.11. The van der Waals surface area contributed by atoms with Gasteiger partial charge in [-0.05, 0) is 84.8 Å². The van der Waals surface area contributed by atoms with Gasteiger partial charge < -0.3 is 19.0 Å². The topological polar surface area (TPSA) is 104 Å². The summed E-state index contributed by atoms with van der Waals surface area (Å²) in [4.78, 5) is 16.0. The minimum atomic E-state index is -3.79. The molecule has 0 bridgehead atoms. The maximum absolute atomic E-state index is 11.6. The molecule has 0 unspecified atom stereocenters. The highest BCUT2D eigenvalue weighted by Gasteiger charge is 2.12. The molecule has 0 aliphatic rings. The average Bonchev–Trinajstić information content (AvgIpc) is 2.84. The summed E-state index contributed by atoms with van der Waals surface area (Å²) in [5.74, 6) is 0.769. The number of aromatic nitrogens is 1. The van der Waals surface area contributed by atoms with Crippen molar-refractivity contribution in [1.29, 1.82) is 0 Å². The SMILES string of the molecule is CCOCCOc1cc(C)c(-c2cccc(CNc3ccc(CCC(=O)OS(C)(=O)=O)cn3)c2)c(C)c1. The molecule has 9 heteroatoms. The summed E-state index contributed by atoms with van der Waals surface area (Å²) in [7, 11) is -3.79. The Morgan fingerprint density at radius 2 is 1.76 bits per heavy atom. The second-order valence-electron chi connectivity index (χ2n) is 8.74. The normalized spacial score (nSPS) is 11.2. The van der Waals surface area contributed by atoms with Gasteiger partial charge in [0.1, 0.15) is 18.2 Å². The molecular formula is C28H34N2O6S. The summed E-state index contributed by atoms with van der Waals surface area (Å²) < 4.78 is 37.6. The van der Waals surface area contributed by atoms with Gasteiger partial charge in [0.2, 0.25) is 0 Å². The molecule has 0 aliphatic heterocycles. The molecule has 0 spiro atoms. The Balaban J connectivity index is 1.59. The van der Waals surface area contributed by atoms with Gasteiger partial charge in [-0.25, -0.2) is 4.98 Å². The van der Waals surface area contributed by atoms with E-state index < -0.39 is 16.1 Å². The van der Waals surface area contributed by atoms with E-state index in [2.05, 4.69) is 58.7 Å². The zero-order valence-corrected chi connectivity index (χ0v) is 22.6. The predicted octanol–water partition coefficient (Wildman–Crippen LogP) is 4.83. The minimum absolute atomic E-state index is 0.0342. The second kappa shape index (κ2) is 13.2. The zero-order valence-electron chi connectivity index (χ0n) is 21.7. The van der Waals surface area contributed by atoms with Crippen LogP contribution in [0.1, 0.15) is 35.6 Å². The number of rotatable bonds is 13. The molecule has 1 aromatic heterocycles. The van der Waals surface area contributed by atoms with Crippen molar-refractivity contribution in [3.63, 3.8) is 0 Å². The van der Waals surface area contributed by atoms with Crippen molar-refractivity contribution < 1.29 is 26.9 Å². The van der Waals surface area contributed by atoms with Crippen LogP contribution in [0, 0.1) is 13.8 Å². The Kier molecular flexibility index (Phi) is 10.0. The first kappa shape index (κ1) is 28.1. The van der Waals surface area contributed by atoms with Crippen molar-refractivity contribution in [2.75, 3.05) is 31.4 Å². The molecule has 3 aromatic rings. The number of nitrogens with one attached hydrogen (secondary N) is 1. The highest BCUT2D eigenvalue weighted by atomic mass is 32.2. The molecule has 0 saturated carbocycles. The molecule has 3 rings (SSSR count). The Hall–Kier alpha value is -3.43. The van der Waals surface area contributed by atoms with E-state index in [1.807, 2.05) is 25.1 Å². The van der Waals surface area contributed by atoms with Crippen LogP contribution in [-0.4, -0.2) is 45.4 Å². The highest BCUT2D eigenvalue weighted by Crippen LogP contribution is 2.31. The van der Waals surface area contributed by atoms with Crippen molar-refractivity contribution in [3.8, 4) is 16.9 Å². The number of aryl methyl sites for hydroxylation is 3. The van der Waals surface area contributed by atoms with E-state index in [9.17, 15) is 13.2 Å². The van der Waals surface area contributed by atoms with Gasteiger partial charge in [-0.1, -0.05) is 24.3 Å².